The summed E-state index contributed by atoms with van der Waals surface area (Å²) in [6.07, 6.45) is 0.427. The van der Waals surface area contributed by atoms with Crippen molar-refractivity contribution in [3.63, 3.8) is 0 Å². The number of rotatable bonds is 2. The van der Waals surface area contributed by atoms with Crippen molar-refractivity contribution >= 4 is 5.69 Å². The average molecular weight is 290 g/mol. The number of nitro groups is 1. The van der Waals surface area contributed by atoms with Crippen LogP contribution in [0.3, 0.4) is 0 Å². The van der Waals surface area contributed by atoms with E-state index in [0.717, 1.165) is 0 Å². The molecule has 19 heavy (non-hydrogen) atoms. The van der Waals surface area contributed by atoms with Gasteiger partial charge in [-0.15, -0.1) is 0 Å². The van der Waals surface area contributed by atoms with E-state index in [1.54, 1.807) is 4.98 Å². The highest BCUT2D eigenvalue weighted by molar-refractivity contribution is 5.41. The van der Waals surface area contributed by atoms with Gasteiger partial charge in [0.05, 0.1) is 16.8 Å². The average Bonchev–Trinajstić information content (AvgIpc) is 2.75. The third-order valence-corrected chi connectivity index (χ3v) is 2.97. The molecule has 0 unspecified atom stereocenters. The molecule has 1 aromatic rings. The van der Waals surface area contributed by atoms with Crippen molar-refractivity contribution in [1.82, 2.24) is 4.98 Å². The Morgan fingerprint density at radius 2 is 1.58 bits per heavy atom. The van der Waals surface area contributed by atoms with Crippen LogP contribution in [0.4, 0.5) is 32.0 Å². The second-order valence-electron chi connectivity index (χ2n) is 3.96. The fourth-order valence-corrected chi connectivity index (χ4v) is 1.82. The van der Waals surface area contributed by atoms with Gasteiger partial charge in [-0.3, -0.25) is 10.1 Å². The van der Waals surface area contributed by atoms with Crippen LogP contribution in [0.2, 0.25) is 0 Å². The molecule has 106 valence electrons. The highest BCUT2D eigenvalue weighted by atomic mass is 19.4. The maximum absolute atomic E-state index is 13.1. The Bertz CT molecular complexity index is 536. The molecule has 0 radical (unpaired) electrons. The Morgan fingerprint density at radius 1 is 1.11 bits per heavy atom. The van der Waals surface area contributed by atoms with E-state index in [1.807, 2.05) is 0 Å². The topological polar surface area (TPSA) is 79.2 Å². The van der Waals surface area contributed by atoms with Crippen molar-refractivity contribution in [2.45, 2.75) is 23.4 Å². The third-order valence-electron chi connectivity index (χ3n) is 2.97. The van der Waals surface area contributed by atoms with E-state index in [0.29, 0.717) is 6.20 Å². The number of halogens is 6. The van der Waals surface area contributed by atoms with Crippen LogP contribution in [0, 0.1) is 10.1 Å². The molecule has 0 saturated heterocycles. The zero-order valence-corrected chi connectivity index (χ0v) is 8.63. The number of hydrogen-bond acceptors (Lipinski definition) is 3. The first kappa shape index (κ1) is 13.6. The Morgan fingerprint density at radius 3 is 1.95 bits per heavy atom. The van der Waals surface area contributed by atoms with E-state index < -0.39 is 39.7 Å². The highest BCUT2D eigenvalue weighted by Gasteiger charge is 2.99. The molecule has 0 aliphatic heterocycles. The SMILES string of the molecule is O=[N+]([O-])c1c[nH]c(C2(O)C(F)(F)C(F)(F)C2(F)F)c1. The lowest BCUT2D eigenvalue weighted by molar-refractivity contribution is -0.498. The van der Waals surface area contributed by atoms with Crippen molar-refractivity contribution in [2.24, 2.45) is 0 Å². The minimum atomic E-state index is -5.76. The summed E-state index contributed by atoms with van der Waals surface area (Å²) in [6.45, 7) is 0. The minimum absolute atomic E-state index is 0.150. The first-order valence-electron chi connectivity index (χ1n) is 4.60. The number of hydrogen-bond donors (Lipinski definition) is 2. The molecule has 0 amide bonds. The lowest BCUT2D eigenvalue weighted by Crippen LogP contribution is -2.84. The number of aliphatic hydroxyl groups is 1. The molecule has 1 saturated carbocycles. The van der Waals surface area contributed by atoms with Crippen LogP contribution in [0.15, 0.2) is 12.3 Å². The number of aromatic nitrogens is 1. The third kappa shape index (κ3) is 1.16. The molecule has 1 aliphatic carbocycles. The van der Waals surface area contributed by atoms with E-state index in [9.17, 15) is 41.6 Å². The minimum Gasteiger partial charge on any atom is -0.373 e. The van der Waals surface area contributed by atoms with Gasteiger partial charge in [0.2, 0.25) is 5.60 Å². The van der Waals surface area contributed by atoms with Crippen LogP contribution in [-0.2, 0) is 5.60 Å². The lowest BCUT2D eigenvalue weighted by Gasteiger charge is -2.55. The summed E-state index contributed by atoms with van der Waals surface area (Å²) >= 11 is 0. The fraction of sp³-hybridized carbons (Fsp3) is 0.500. The largest absolute Gasteiger partial charge is 0.379 e. The summed E-state index contributed by atoms with van der Waals surface area (Å²) < 4.78 is 77.6. The van der Waals surface area contributed by atoms with Crippen LogP contribution in [0.1, 0.15) is 5.69 Å². The van der Waals surface area contributed by atoms with Crippen molar-refractivity contribution in [3.8, 4) is 0 Å². The van der Waals surface area contributed by atoms with E-state index in [1.165, 1.54) is 0 Å². The van der Waals surface area contributed by atoms with Gasteiger partial charge in [0.1, 0.15) is 0 Å². The molecule has 2 N–H and O–H groups in total. The molecule has 5 nitrogen and oxygen atoms in total. The van der Waals surface area contributed by atoms with Crippen molar-refractivity contribution in [2.75, 3.05) is 0 Å². The Kier molecular flexibility index (Phi) is 2.30. The molecular weight excluding hydrogens is 286 g/mol. The van der Waals surface area contributed by atoms with Gasteiger partial charge in [0, 0.05) is 6.07 Å². The van der Waals surface area contributed by atoms with Crippen LogP contribution in [0.25, 0.3) is 0 Å². The zero-order valence-electron chi connectivity index (χ0n) is 8.63. The monoisotopic (exact) mass is 290 g/mol. The molecule has 1 aromatic heterocycles. The summed E-state index contributed by atoms with van der Waals surface area (Å²) in [5.41, 5.74) is -6.91. The van der Waals surface area contributed by atoms with Gasteiger partial charge in [-0.1, -0.05) is 0 Å². The molecule has 1 heterocycles. The first-order chi connectivity index (χ1) is 8.41. The standard InChI is InChI=1S/C8H4F6N2O3/c9-6(10)5(17,7(11,12)8(6,13)14)4-1-3(2-15-4)16(18)19/h1-2,15,17H. The number of alkyl halides is 6. The van der Waals surface area contributed by atoms with Crippen molar-refractivity contribution in [3.05, 3.63) is 28.1 Å². The predicted molar refractivity (Wildman–Crippen MR) is 46.2 cm³/mol. The second kappa shape index (κ2) is 3.21. The molecule has 1 aliphatic rings. The van der Waals surface area contributed by atoms with Gasteiger partial charge >= 0.3 is 17.8 Å². The molecule has 2 rings (SSSR count). The number of nitrogens with zero attached hydrogens (tertiary/aromatic N) is 1. The Balaban J connectivity index is 2.56. The smallest absolute Gasteiger partial charge is 0.373 e. The zero-order chi connectivity index (χ0) is 14.9. The molecule has 0 bridgehead atoms. The van der Waals surface area contributed by atoms with Gasteiger partial charge in [0.25, 0.3) is 5.69 Å². The number of H-pyrrole nitrogens is 1. The van der Waals surface area contributed by atoms with Crippen molar-refractivity contribution in [1.29, 1.82) is 0 Å². The summed E-state index contributed by atoms with van der Waals surface area (Å²) in [7, 11) is 0. The van der Waals surface area contributed by atoms with Gasteiger partial charge in [-0.2, -0.15) is 26.3 Å². The normalized spacial score (nSPS) is 25.6. The molecule has 0 aromatic carbocycles. The van der Waals surface area contributed by atoms with Gasteiger partial charge in [0.15, 0.2) is 0 Å². The Labute approximate surface area is 99.5 Å². The van der Waals surface area contributed by atoms with Crippen LogP contribution in [0.5, 0.6) is 0 Å². The molecule has 0 spiro atoms. The number of nitrogens with one attached hydrogen (secondary N) is 1. The second-order valence-corrected chi connectivity index (χ2v) is 3.96. The maximum atomic E-state index is 13.1. The highest BCUT2D eigenvalue weighted by Crippen LogP contribution is 2.70. The van der Waals surface area contributed by atoms with E-state index in [4.69, 9.17) is 0 Å². The van der Waals surface area contributed by atoms with Crippen molar-refractivity contribution < 1.29 is 36.4 Å². The fourth-order valence-electron chi connectivity index (χ4n) is 1.82. The van der Waals surface area contributed by atoms with Crippen LogP contribution in [-0.4, -0.2) is 32.8 Å². The molecule has 11 heteroatoms. The van der Waals surface area contributed by atoms with Gasteiger partial charge in [-0.05, 0) is 0 Å². The van der Waals surface area contributed by atoms with E-state index in [-0.39, 0.29) is 6.07 Å². The summed E-state index contributed by atoms with van der Waals surface area (Å²) in [6, 6.07) is 0.150. The molecular formula is C8H4F6N2O3. The molecule has 0 atom stereocenters. The lowest BCUT2D eigenvalue weighted by atomic mass is 9.66. The van der Waals surface area contributed by atoms with Crippen LogP contribution >= 0.6 is 0 Å². The predicted octanol–water partition coefficient (Wildman–Crippen LogP) is 2.03. The van der Waals surface area contributed by atoms with Crippen LogP contribution < -0.4 is 0 Å². The van der Waals surface area contributed by atoms with E-state index in [2.05, 4.69) is 0 Å². The quantitative estimate of drug-likeness (QED) is 0.497. The summed E-state index contributed by atoms with van der Waals surface area (Å²) in [4.78, 5) is 10.7. The molecule has 1 fully saturated rings. The summed E-state index contributed by atoms with van der Waals surface area (Å²) in [5, 5.41) is 19.5. The maximum Gasteiger partial charge on any atom is 0.379 e. The number of aromatic amines is 1. The van der Waals surface area contributed by atoms with Gasteiger partial charge < -0.3 is 10.1 Å². The Hall–Kier alpha value is -1.78. The van der Waals surface area contributed by atoms with Gasteiger partial charge in [-0.25, -0.2) is 0 Å². The first-order valence-corrected chi connectivity index (χ1v) is 4.60. The summed E-state index contributed by atoms with van der Waals surface area (Å²) in [5.74, 6) is -16.7. The van der Waals surface area contributed by atoms with E-state index >= 15 is 0 Å².